The zero-order valence-electron chi connectivity index (χ0n) is 23.0. The van der Waals surface area contributed by atoms with E-state index in [1.54, 1.807) is 0 Å². The van der Waals surface area contributed by atoms with Crippen molar-refractivity contribution in [1.82, 2.24) is 5.32 Å². The number of carbonyl (C=O) groups excluding carboxylic acids is 1. The third kappa shape index (κ3) is 17.5. The van der Waals surface area contributed by atoms with Gasteiger partial charge < -0.3 is 19.9 Å². The Morgan fingerprint density at radius 2 is 1.37 bits per heavy atom. The lowest BCUT2D eigenvalue weighted by molar-refractivity contribution is -0.0121. The van der Waals surface area contributed by atoms with Gasteiger partial charge in [0.1, 0.15) is 5.60 Å². The Bertz CT molecular complexity index is 629. The van der Waals surface area contributed by atoms with Crippen molar-refractivity contribution in [2.45, 2.75) is 142 Å². The molecule has 2 N–H and O–H groups in total. The average Bonchev–Trinajstić information content (AvgIpc) is 2.82. The predicted molar refractivity (Wildman–Crippen MR) is 146 cm³/mol. The van der Waals surface area contributed by atoms with Gasteiger partial charge in [-0.2, -0.15) is 0 Å². The quantitative estimate of drug-likeness (QED) is 0.182. The lowest BCUT2D eigenvalue weighted by Crippen LogP contribution is -2.48. The first-order chi connectivity index (χ1) is 16.9. The van der Waals surface area contributed by atoms with Crippen LogP contribution in [-0.4, -0.2) is 35.6 Å². The van der Waals surface area contributed by atoms with Crippen LogP contribution in [0, 0.1) is 0 Å². The molecule has 0 bridgehead atoms. The largest absolute Gasteiger partial charge is 0.444 e. The summed E-state index contributed by atoms with van der Waals surface area (Å²) in [5.41, 5.74) is 0.497. The van der Waals surface area contributed by atoms with Gasteiger partial charge >= 0.3 is 6.09 Å². The van der Waals surface area contributed by atoms with E-state index in [0.717, 1.165) is 24.8 Å². The summed E-state index contributed by atoms with van der Waals surface area (Å²) < 4.78 is 11.6. The van der Waals surface area contributed by atoms with Gasteiger partial charge in [-0.3, -0.25) is 0 Å². The molecule has 1 aromatic rings. The number of rotatable bonds is 20. The number of benzene rings is 1. The van der Waals surface area contributed by atoms with Crippen molar-refractivity contribution in [2.75, 3.05) is 6.61 Å². The van der Waals surface area contributed by atoms with Crippen molar-refractivity contribution >= 4 is 6.09 Å². The minimum Gasteiger partial charge on any atom is -0.444 e. The molecule has 0 saturated heterocycles. The molecule has 1 aromatic carbocycles. The summed E-state index contributed by atoms with van der Waals surface area (Å²) in [4.78, 5) is 12.3. The number of hydrogen-bond donors (Lipinski definition) is 2. The summed E-state index contributed by atoms with van der Waals surface area (Å²) in [6.07, 6.45) is 17.0. The second-order valence-corrected chi connectivity index (χ2v) is 10.8. The van der Waals surface area contributed by atoms with E-state index in [9.17, 15) is 9.90 Å². The molecule has 0 fully saturated rings. The van der Waals surface area contributed by atoms with Crippen LogP contribution in [0.1, 0.15) is 123 Å². The molecule has 35 heavy (non-hydrogen) atoms. The molecule has 0 radical (unpaired) electrons. The molecular weight excluding hydrogens is 438 g/mol. The Morgan fingerprint density at radius 3 is 1.86 bits per heavy atom. The molecule has 202 valence electrons. The maximum absolute atomic E-state index is 12.3. The van der Waals surface area contributed by atoms with E-state index in [0.29, 0.717) is 6.61 Å². The molecule has 0 spiro atoms. The Kier molecular flexibility index (Phi) is 17.6. The summed E-state index contributed by atoms with van der Waals surface area (Å²) in [5.74, 6) is 0. The number of alkyl carbamates (subject to hydrolysis) is 1. The number of aliphatic hydroxyl groups excluding tert-OH is 1. The summed E-state index contributed by atoms with van der Waals surface area (Å²) in [5, 5.41) is 12.8. The Balaban J connectivity index is 2.36. The van der Waals surface area contributed by atoms with Gasteiger partial charge in [-0.05, 0) is 32.8 Å². The summed E-state index contributed by atoms with van der Waals surface area (Å²) in [6.45, 7) is 8.03. The molecule has 5 nitrogen and oxygen atoms in total. The number of amides is 1. The Morgan fingerprint density at radius 1 is 0.857 bits per heavy atom. The van der Waals surface area contributed by atoms with Crippen LogP contribution in [0.5, 0.6) is 0 Å². The fraction of sp³-hybridized carbons (Fsp3) is 0.767. The third-order valence-electron chi connectivity index (χ3n) is 6.25. The number of carbonyl (C=O) groups is 1. The summed E-state index contributed by atoms with van der Waals surface area (Å²) >= 11 is 0. The van der Waals surface area contributed by atoms with E-state index >= 15 is 0 Å². The Labute approximate surface area is 215 Å². The van der Waals surface area contributed by atoms with Crippen LogP contribution in [0.25, 0.3) is 0 Å². The summed E-state index contributed by atoms with van der Waals surface area (Å²) in [6, 6.07) is 9.51. The van der Waals surface area contributed by atoms with E-state index in [-0.39, 0.29) is 12.7 Å². The predicted octanol–water partition coefficient (Wildman–Crippen LogP) is 7.94. The Hall–Kier alpha value is -1.59. The van der Waals surface area contributed by atoms with Crippen LogP contribution in [0.2, 0.25) is 0 Å². The number of unbranched alkanes of at least 4 members (excludes halogenated alkanes) is 12. The molecule has 0 unspecified atom stereocenters. The van der Waals surface area contributed by atoms with E-state index in [1.807, 2.05) is 51.1 Å². The van der Waals surface area contributed by atoms with Gasteiger partial charge in [0.15, 0.2) is 0 Å². The third-order valence-corrected chi connectivity index (χ3v) is 6.25. The van der Waals surface area contributed by atoms with Crippen molar-refractivity contribution in [3.8, 4) is 0 Å². The normalized spacial score (nSPS) is 13.4. The molecule has 0 aliphatic carbocycles. The fourth-order valence-electron chi connectivity index (χ4n) is 4.26. The maximum atomic E-state index is 12.3. The zero-order valence-corrected chi connectivity index (χ0v) is 23.0. The standard InChI is InChI=1S/C30H53NO4/c1-5-6-7-8-9-10-11-12-13-14-15-16-20-23-28(34-25-26-21-18-17-19-22-26)27(24-32)31-29(33)35-30(2,3)4/h17-19,21-22,27-28,32H,5-16,20,23-25H2,1-4H3,(H,31,33)/t27-,28+/m0/s1. The maximum Gasteiger partial charge on any atom is 0.408 e. The molecule has 1 amide bonds. The molecule has 0 aliphatic heterocycles. The van der Waals surface area contributed by atoms with Gasteiger partial charge in [0.05, 0.1) is 25.4 Å². The van der Waals surface area contributed by atoms with Gasteiger partial charge in [-0.1, -0.05) is 121 Å². The van der Waals surface area contributed by atoms with Gasteiger partial charge in [-0.25, -0.2) is 4.79 Å². The number of ether oxygens (including phenoxy) is 2. The molecule has 0 heterocycles. The monoisotopic (exact) mass is 491 g/mol. The first-order valence-electron chi connectivity index (χ1n) is 14.1. The second-order valence-electron chi connectivity index (χ2n) is 10.8. The highest BCUT2D eigenvalue weighted by molar-refractivity contribution is 5.68. The van der Waals surface area contributed by atoms with Crippen molar-refractivity contribution in [3.05, 3.63) is 35.9 Å². The molecule has 2 atom stereocenters. The van der Waals surface area contributed by atoms with E-state index in [1.165, 1.54) is 70.6 Å². The highest BCUT2D eigenvalue weighted by Crippen LogP contribution is 2.17. The SMILES string of the molecule is CCCCCCCCCCCCCCC[C@@H](OCc1ccccc1)[C@H](CO)NC(=O)OC(C)(C)C. The van der Waals surface area contributed by atoms with Crippen LogP contribution in [0.15, 0.2) is 30.3 Å². The molecule has 5 heteroatoms. The molecule has 0 saturated carbocycles. The topological polar surface area (TPSA) is 67.8 Å². The van der Waals surface area contributed by atoms with Gasteiger partial charge in [0.25, 0.3) is 0 Å². The van der Waals surface area contributed by atoms with E-state index in [2.05, 4.69) is 12.2 Å². The fourth-order valence-corrected chi connectivity index (χ4v) is 4.26. The number of aliphatic hydroxyl groups is 1. The minimum atomic E-state index is -0.584. The smallest absolute Gasteiger partial charge is 0.408 e. The molecule has 1 rings (SSSR count). The van der Waals surface area contributed by atoms with Crippen molar-refractivity contribution in [1.29, 1.82) is 0 Å². The van der Waals surface area contributed by atoms with E-state index < -0.39 is 17.7 Å². The average molecular weight is 492 g/mol. The lowest BCUT2D eigenvalue weighted by atomic mass is 10.0. The van der Waals surface area contributed by atoms with E-state index in [4.69, 9.17) is 9.47 Å². The minimum absolute atomic E-state index is 0.183. The first kappa shape index (κ1) is 31.4. The van der Waals surface area contributed by atoms with Gasteiger partial charge in [0, 0.05) is 0 Å². The molecule has 0 aromatic heterocycles. The van der Waals surface area contributed by atoms with Crippen molar-refractivity contribution in [2.24, 2.45) is 0 Å². The number of nitrogens with one attached hydrogen (secondary N) is 1. The van der Waals surface area contributed by atoms with Crippen LogP contribution < -0.4 is 5.32 Å². The zero-order chi connectivity index (χ0) is 25.8. The van der Waals surface area contributed by atoms with Crippen LogP contribution >= 0.6 is 0 Å². The summed E-state index contributed by atoms with van der Waals surface area (Å²) in [7, 11) is 0. The first-order valence-corrected chi connectivity index (χ1v) is 14.1. The molecular formula is C30H53NO4. The van der Waals surface area contributed by atoms with Crippen LogP contribution in [-0.2, 0) is 16.1 Å². The van der Waals surface area contributed by atoms with Gasteiger partial charge in [-0.15, -0.1) is 0 Å². The highest BCUT2D eigenvalue weighted by atomic mass is 16.6. The highest BCUT2D eigenvalue weighted by Gasteiger charge is 2.26. The number of hydrogen-bond acceptors (Lipinski definition) is 4. The van der Waals surface area contributed by atoms with Crippen LogP contribution in [0.3, 0.4) is 0 Å². The van der Waals surface area contributed by atoms with Crippen LogP contribution in [0.4, 0.5) is 4.79 Å². The van der Waals surface area contributed by atoms with Gasteiger partial charge in [0.2, 0.25) is 0 Å². The second kappa shape index (κ2) is 19.6. The van der Waals surface area contributed by atoms with Crippen molar-refractivity contribution in [3.63, 3.8) is 0 Å². The lowest BCUT2D eigenvalue weighted by Gasteiger charge is -2.28. The molecule has 0 aliphatic rings. The van der Waals surface area contributed by atoms with Crippen molar-refractivity contribution < 1.29 is 19.4 Å².